The molecular weight excluding hydrogens is 316 g/mol. The molecule has 2 aliphatic rings. The fraction of sp³-hybridized carbons (Fsp3) is 0.400. The minimum Gasteiger partial charge on any atom is -0.467 e. The molecule has 1 aromatic carbocycles. The van der Waals surface area contributed by atoms with Crippen LogP contribution in [-0.2, 0) is 9.59 Å². The highest BCUT2D eigenvalue weighted by molar-refractivity contribution is 6.01. The molecule has 1 fully saturated rings. The number of amides is 2. The van der Waals surface area contributed by atoms with Crippen LogP contribution < -0.4 is 5.32 Å². The Morgan fingerprint density at radius 1 is 1.12 bits per heavy atom. The van der Waals surface area contributed by atoms with Crippen molar-refractivity contribution in [2.45, 2.75) is 44.1 Å². The first-order valence-electron chi connectivity index (χ1n) is 8.96. The number of carbonyl (C=O) groups is 2. The summed E-state index contributed by atoms with van der Waals surface area (Å²) in [6, 6.07) is 11.4. The van der Waals surface area contributed by atoms with Gasteiger partial charge in [0.2, 0.25) is 11.8 Å². The Bertz CT molecular complexity index is 769. The molecule has 2 atom stereocenters. The van der Waals surface area contributed by atoms with E-state index in [1.165, 1.54) is 0 Å². The molecule has 5 nitrogen and oxygen atoms in total. The molecule has 1 N–H and O–H groups in total. The van der Waals surface area contributed by atoms with Crippen LogP contribution in [0.5, 0.6) is 0 Å². The predicted octanol–water partition coefficient (Wildman–Crippen LogP) is 3.85. The van der Waals surface area contributed by atoms with E-state index < -0.39 is 5.92 Å². The second-order valence-corrected chi connectivity index (χ2v) is 6.80. The Hall–Kier alpha value is -2.56. The first kappa shape index (κ1) is 15.9. The highest BCUT2D eigenvalue weighted by Crippen LogP contribution is 2.37. The van der Waals surface area contributed by atoms with E-state index >= 15 is 0 Å². The van der Waals surface area contributed by atoms with Gasteiger partial charge in [-0.1, -0.05) is 31.0 Å². The molecule has 1 aromatic heterocycles. The summed E-state index contributed by atoms with van der Waals surface area (Å²) in [4.78, 5) is 27.5. The van der Waals surface area contributed by atoms with Gasteiger partial charge in [-0.05, 0) is 36.6 Å². The Labute approximate surface area is 147 Å². The van der Waals surface area contributed by atoms with Crippen molar-refractivity contribution >= 4 is 17.5 Å². The molecule has 0 spiro atoms. The fourth-order valence-corrected chi connectivity index (χ4v) is 3.98. The number of anilines is 1. The van der Waals surface area contributed by atoms with Gasteiger partial charge in [-0.2, -0.15) is 0 Å². The van der Waals surface area contributed by atoms with E-state index in [4.69, 9.17) is 4.42 Å². The third-order valence-electron chi connectivity index (χ3n) is 5.21. The maximum absolute atomic E-state index is 13.4. The van der Waals surface area contributed by atoms with Crippen molar-refractivity contribution in [3.05, 3.63) is 54.0 Å². The third-order valence-corrected chi connectivity index (χ3v) is 5.21. The molecule has 25 heavy (non-hydrogen) atoms. The van der Waals surface area contributed by atoms with Crippen LogP contribution in [0.25, 0.3) is 0 Å². The highest BCUT2D eigenvalue weighted by Gasteiger charge is 2.37. The van der Waals surface area contributed by atoms with Crippen molar-refractivity contribution in [1.82, 2.24) is 4.90 Å². The van der Waals surface area contributed by atoms with E-state index in [0.717, 1.165) is 42.7 Å². The lowest BCUT2D eigenvalue weighted by Gasteiger charge is -2.34. The summed E-state index contributed by atoms with van der Waals surface area (Å²) in [6.07, 6.45) is 5.95. The van der Waals surface area contributed by atoms with Gasteiger partial charge in [0.25, 0.3) is 0 Å². The van der Waals surface area contributed by atoms with Crippen molar-refractivity contribution in [1.29, 1.82) is 0 Å². The van der Waals surface area contributed by atoms with Crippen LogP contribution in [-0.4, -0.2) is 23.3 Å². The average molecular weight is 338 g/mol. The van der Waals surface area contributed by atoms with Crippen LogP contribution in [0.15, 0.2) is 47.1 Å². The summed E-state index contributed by atoms with van der Waals surface area (Å²) in [7, 11) is 0. The number of benzene rings is 1. The maximum atomic E-state index is 13.4. The van der Waals surface area contributed by atoms with Crippen LogP contribution >= 0.6 is 0 Å². The molecule has 3 heterocycles. The van der Waals surface area contributed by atoms with Crippen LogP contribution in [0.1, 0.15) is 55.4 Å². The number of furan rings is 1. The number of hydrogen-bond donors (Lipinski definition) is 1. The second-order valence-electron chi connectivity index (χ2n) is 6.80. The minimum absolute atomic E-state index is 0.0330. The van der Waals surface area contributed by atoms with Crippen molar-refractivity contribution in [3.8, 4) is 0 Å². The van der Waals surface area contributed by atoms with Crippen LogP contribution in [0.2, 0.25) is 0 Å². The number of nitrogens with one attached hydrogen (secondary N) is 1. The Morgan fingerprint density at radius 2 is 2.00 bits per heavy atom. The molecule has 0 saturated carbocycles. The van der Waals surface area contributed by atoms with Gasteiger partial charge in [-0.25, -0.2) is 0 Å². The van der Waals surface area contributed by atoms with Crippen LogP contribution in [0, 0.1) is 0 Å². The second kappa shape index (κ2) is 6.75. The maximum Gasteiger partial charge on any atom is 0.231 e. The van der Waals surface area contributed by atoms with Gasteiger partial charge in [-0.3, -0.25) is 9.59 Å². The summed E-state index contributed by atoms with van der Waals surface area (Å²) in [5, 5.41) is 2.87. The zero-order valence-corrected chi connectivity index (χ0v) is 14.1. The van der Waals surface area contributed by atoms with Gasteiger partial charge in [0.1, 0.15) is 5.76 Å². The third kappa shape index (κ3) is 3.06. The number of hydrogen-bond acceptors (Lipinski definition) is 3. The SMILES string of the molecule is O=C1C[C@H](C(=O)N2CCCCC[C@@H]2c2ccco2)c2ccccc2N1. The predicted molar refractivity (Wildman–Crippen MR) is 94.1 cm³/mol. The highest BCUT2D eigenvalue weighted by atomic mass is 16.3. The first-order chi connectivity index (χ1) is 12.2. The molecule has 0 bridgehead atoms. The molecule has 2 aliphatic heterocycles. The van der Waals surface area contributed by atoms with E-state index in [9.17, 15) is 9.59 Å². The van der Waals surface area contributed by atoms with Gasteiger partial charge >= 0.3 is 0 Å². The van der Waals surface area contributed by atoms with E-state index in [1.54, 1.807) is 6.26 Å². The van der Waals surface area contributed by atoms with Gasteiger partial charge in [0, 0.05) is 18.7 Å². The van der Waals surface area contributed by atoms with Crippen molar-refractivity contribution < 1.29 is 14.0 Å². The number of nitrogens with zero attached hydrogens (tertiary/aromatic N) is 1. The van der Waals surface area contributed by atoms with Crippen molar-refractivity contribution in [2.24, 2.45) is 0 Å². The lowest BCUT2D eigenvalue weighted by molar-refractivity contribution is -0.137. The molecule has 0 radical (unpaired) electrons. The zero-order valence-electron chi connectivity index (χ0n) is 14.1. The normalized spacial score (nSPS) is 23.5. The summed E-state index contributed by atoms with van der Waals surface area (Å²) in [6.45, 7) is 0.713. The summed E-state index contributed by atoms with van der Waals surface area (Å²) >= 11 is 0. The molecule has 5 heteroatoms. The molecule has 2 aromatic rings. The first-order valence-corrected chi connectivity index (χ1v) is 8.96. The molecule has 1 saturated heterocycles. The summed E-state index contributed by atoms with van der Waals surface area (Å²) in [5.74, 6) is 0.358. The molecule has 2 amide bonds. The molecule has 0 unspecified atom stereocenters. The number of carbonyl (C=O) groups excluding carboxylic acids is 2. The van der Waals surface area contributed by atoms with Gasteiger partial charge in [0.05, 0.1) is 18.2 Å². The smallest absolute Gasteiger partial charge is 0.231 e. The van der Waals surface area contributed by atoms with Gasteiger partial charge in [0.15, 0.2) is 0 Å². The van der Waals surface area contributed by atoms with E-state index in [-0.39, 0.29) is 24.3 Å². The fourth-order valence-electron chi connectivity index (χ4n) is 3.98. The summed E-state index contributed by atoms with van der Waals surface area (Å²) < 4.78 is 5.61. The quantitative estimate of drug-likeness (QED) is 0.905. The average Bonchev–Trinajstić information content (AvgIpc) is 3.05. The standard InChI is InChI=1S/C20H22N2O3/c23-19-13-15(14-7-3-4-8-16(14)21-19)20(24)22-11-5-1-2-9-17(22)18-10-6-12-25-18/h3-4,6-8,10,12,15,17H,1-2,5,9,11,13H2,(H,21,23)/t15-,17+/m0/s1. The topological polar surface area (TPSA) is 62.6 Å². The van der Waals surface area contributed by atoms with E-state index in [1.807, 2.05) is 41.3 Å². The van der Waals surface area contributed by atoms with Crippen molar-refractivity contribution in [3.63, 3.8) is 0 Å². The van der Waals surface area contributed by atoms with Gasteiger partial charge < -0.3 is 14.6 Å². The van der Waals surface area contributed by atoms with E-state index in [0.29, 0.717) is 6.54 Å². The minimum atomic E-state index is -0.416. The number of rotatable bonds is 2. The van der Waals surface area contributed by atoms with Crippen LogP contribution in [0.4, 0.5) is 5.69 Å². The van der Waals surface area contributed by atoms with Crippen molar-refractivity contribution in [2.75, 3.05) is 11.9 Å². The monoisotopic (exact) mass is 338 g/mol. The molecular formula is C20H22N2O3. The number of para-hydroxylation sites is 1. The Kier molecular flexibility index (Phi) is 4.30. The summed E-state index contributed by atoms with van der Waals surface area (Å²) in [5.41, 5.74) is 1.66. The zero-order chi connectivity index (χ0) is 17.2. The molecule has 130 valence electrons. The van der Waals surface area contributed by atoms with Crippen LogP contribution in [0.3, 0.4) is 0 Å². The van der Waals surface area contributed by atoms with Gasteiger partial charge in [-0.15, -0.1) is 0 Å². The molecule has 4 rings (SSSR count). The largest absolute Gasteiger partial charge is 0.467 e. The lowest BCUT2D eigenvalue weighted by atomic mass is 9.88. The lowest BCUT2D eigenvalue weighted by Crippen LogP contribution is -2.40. The Morgan fingerprint density at radius 3 is 2.84 bits per heavy atom. The Balaban J connectivity index is 1.67. The van der Waals surface area contributed by atoms with E-state index in [2.05, 4.69) is 5.32 Å². The number of likely N-dealkylation sites (tertiary alicyclic amines) is 1. The number of fused-ring (bicyclic) bond motifs is 1. The molecule has 0 aliphatic carbocycles.